The van der Waals surface area contributed by atoms with Crippen LogP contribution in [0.3, 0.4) is 0 Å². The van der Waals surface area contributed by atoms with Crippen LogP contribution in [0.15, 0.2) is 48.7 Å². The SMILES string of the molecule is O=C(NNC(=O)c1ccccn1)c1ccc(CN2CCCC2=O)cc1. The van der Waals surface area contributed by atoms with E-state index in [1.165, 1.54) is 6.20 Å². The van der Waals surface area contributed by atoms with E-state index in [0.717, 1.165) is 18.5 Å². The molecule has 3 amide bonds. The molecule has 2 N–H and O–H groups in total. The van der Waals surface area contributed by atoms with Gasteiger partial charge in [0.15, 0.2) is 0 Å². The second-order valence-corrected chi connectivity index (χ2v) is 5.74. The molecule has 1 saturated heterocycles. The number of pyridine rings is 1. The summed E-state index contributed by atoms with van der Waals surface area (Å²) in [4.78, 5) is 41.3. The monoisotopic (exact) mass is 338 g/mol. The van der Waals surface area contributed by atoms with Crippen LogP contribution in [0.4, 0.5) is 0 Å². The van der Waals surface area contributed by atoms with Crippen LogP contribution in [0.1, 0.15) is 39.3 Å². The van der Waals surface area contributed by atoms with Crippen molar-refractivity contribution in [3.8, 4) is 0 Å². The molecule has 128 valence electrons. The Bertz CT molecular complexity index is 775. The number of rotatable bonds is 4. The van der Waals surface area contributed by atoms with Crippen LogP contribution >= 0.6 is 0 Å². The number of aromatic nitrogens is 1. The lowest BCUT2D eigenvalue weighted by Gasteiger charge is -2.15. The summed E-state index contributed by atoms with van der Waals surface area (Å²) in [7, 11) is 0. The first-order chi connectivity index (χ1) is 12.1. The van der Waals surface area contributed by atoms with E-state index in [4.69, 9.17) is 0 Å². The zero-order valence-corrected chi connectivity index (χ0v) is 13.6. The van der Waals surface area contributed by atoms with E-state index in [1.54, 1.807) is 42.5 Å². The quantitative estimate of drug-likeness (QED) is 0.822. The van der Waals surface area contributed by atoms with Crippen LogP contribution in [0.5, 0.6) is 0 Å². The van der Waals surface area contributed by atoms with Crippen LogP contribution in [0.2, 0.25) is 0 Å². The average molecular weight is 338 g/mol. The van der Waals surface area contributed by atoms with Gasteiger partial charge >= 0.3 is 0 Å². The van der Waals surface area contributed by atoms with Gasteiger partial charge < -0.3 is 4.90 Å². The van der Waals surface area contributed by atoms with Gasteiger partial charge in [0.1, 0.15) is 5.69 Å². The number of likely N-dealkylation sites (tertiary alicyclic amines) is 1. The normalized spacial score (nSPS) is 13.6. The molecule has 1 aromatic carbocycles. The predicted octanol–water partition coefficient (Wildman–Crippen LogP) is 1.28. The molecule has 0 radical (unpaired) electrons. The third kappa shape index (κ3) is 4.20. The minimum Gasteiger partial charge on any atom is -0.338 e. The molecule has 0 spiro atoms. The molecule has 7 heteroatoms. The van der Waals surface area contributed by atoms with E-state index in [9.17, 15) is 14.4 Å². The summed E-state index contributed by atoms with van der Waals surface area (Å²) < 4.78 is 0. The van der Waals surface area contributed by atoms with E-state index >= 15 is 0 Å². The number of hydrogen-bond donors (Lipinski definition) is 2. The van der Waals surface area contributed by atoms with Gasteiger partial charge in [0.25, 0.3) is 11.8 Å². The van der Waals surface area contributed by atoms with E-state index in [-0.39, 0.29) is 11.6 Å². The number of carbonyl (C=O) groups excluding carboxylic acids is 3. The molecule has 0 atom stereocenters. The van der Waals surface area contributed by atoms with E-state index in [2.05, 4.69) is 15.8 Å². The first kappa shape index (κ1) is 16.6. The number of hydrogen-bond acceptors (Lipinski definition) is 4. The highest BCUT2D eigenvalue weighted by Gasteiger charge is 2.20. The number of benzene rings is 1. The zero-order chi connectivity index (χ0) is 17.6. The Kier molecular flexibility index (Phi) is 5.03. The highest BCUT2D eigenvalue weighted by atomic mass is 16.2. The largest absolute Gasteiger partial charge is 0.338 e. The first-order valence-electron chi connectivity index (χ1n) is 8.02. The zero-order valence-electron chi connectivity index (χ0n) is 13.6. The molecule has 2 heterocycles. The fourth-order valence-electron chi connectivity index (χ4n) is 2.60. The molecular formula is C18H18N4O3. The van der Waals surface area contributed by atoms with Gasteiger partial charge in [-0.2, -0.15) is 0 Å². The summed E-state index contributed by atoms with van der Waals surface area (Å²) in [6.45, 7) is 1.33. The smallest absolute Gasteiger partial charge is 0.288 e. The summed E-state index contributed by atoms with van der Waals surface area (Å²) in [5.74, 6) is -0.745. The highest BCUT2D eigenvalue weighted by molar-refractivity contribution is 5.98. The van der Waals surface area contributed by atoms with E-state index < -0.39 is 11.8 Å². The summed E-state index contributed by atoms with van der Waals surface area (Å²) in [5, 5.41) is 0. The number of carbonyl (C=O) groups is 3. The van der Waals surface area contributed by atoms with Crippen molar-refractivity contribution in [3.63, 3.8) is 0 Å². The molecule has 1 fully saturated rings. The molecule has 1 aromatic heterocycles. The first-order valence-corrected chi connectivity index (χ1v) is 8.02. The molecule has 0 aliphatic carbocycles. The van der Waals surface area contributed by atoms with Crippen LogP contribution in [-0.2, 0) is 11.3 Å². The topological polar surface area (TPSA) is 91.4 Å². The van der Waals surface area contributed by atoms with Gasteiger partial charge in [0.05, 0.1) is 0 Å². The van der Waals surface area contributed by atoms with Crippen LogP contribution < -0.4 is 10.9 Å². The number of nitrogens with zero attached hydrogens (tertiary/aromatic N) is 2. The lowest BCUT2D eigenvalue weighted by Crippen LogP contribution is -2.41. The Balaban J connectivity index is 1.54. The van der Waals surface area contributed by atoms with Crippen molar-refractivity contribution in [2.24, 2.45) is 0 Å². The van der Waals surface area contributed by atoms with Crippen molar-refractivity contribution < 1.29 is 14.4 Å². The van der Waals surface area contributed by atoms with Crippen molar-refractivity contribution in [1.29, 1.82) is 0 Å². The number of amides is 3. The van der Waals surface area contributed by atoms with Gasteiger partial charge in [-0.05, 0) is 36.2 Å². The molecule has 25 heavy (non-hydrogen) atoms. The van der Waals surface area contributed by atoms with Crippen LogP contribution in [0.25, 0.3) is 0 Å². The molecule has 0 saturated carbocycles. The maximum Gasteiger partial charge on any atom is 0.288 e. The standard InChI is InChI=1S/C18H18N4O3/c23-16-5-3-11-22(16)12-13-6-8-14(9-7-13)17(24)20-21-18(25)15-4-1-2-10-19-15/h1-2,4,6-10H,3,5,11-12H2,(H,20,24)(H,21,25). The fraction of sp³-hybridized carbons (Fsp3) is 0.222. The fourth-order valence-corrected chi connectivity index (χ4v) is 2.60. The number of hydrazine groups is 1. The minimum atomic E-state index is -0.488. The van der Waals surface area contributed by atoms with Gasteiger partial charge in [-0.3, -0.25) is 30.2 Å². The Morgan fingerprint density at radius 1 is 1.04 bits per heavy atom. The third-order valence-electron chi connectivity index (χ3n) is 3.95. The van der Waals surface area contributed by atoms with Crippen molar-refractivity contribution >= 4 is 17.7 Å². The maximum absolute atomic E-state index is 12.1. The lowest BCUT2D eigenvalue weighted by molar-refractivity contribution is -0.128. The van der Waals surface area contributed by atoms with Gasteiger partial charge in [0, 0.05) is 31.3 Å². The summed E-state index contributed by atoms with van der Waals surface area (Å²) in [6.07, 6.45) is 3.01. The van der Waals surface area contributed by atoms with Gasteiger partial charge in [-0.15, -0.1) is 0 Å². The summed E-state index contributed by atoms with van der Waals surface area (Å²) in [5.41, 5.74) is 6.27. The van der Waals surface area contributed by atoms with Crippen molar-refractivity contribution in [3.05, 3.63) is 65.5 Å². The van der Waals surface area contributed by atoms with Crippen LogP contribution in [-0.4, -0.2) is 34.2 Å². The molecule has 1 aliphatic heterocycles. The Labute approximate surface area is 145 Å². The molecule has 1 aliphatic rings. The number of nitrogens with one attached hydrogen (secondary N) is 2. The highest BCUT2D eigenvalue weighted by Crippen LogP contribution is 2.14. The van der Waals surface area contributed by atoms with Crippen LogP contribution in [0, 0.1) is 0 Å². The molecule has 0 bridgehead atoms. The summed E-state index contributed by atoms with van der Waals surface area (Å²) >= 11 is 0. The molecule has 7 nitrogen and oxygen atoms in total. The second kappa shape index (κ2) is 7.57. The van der Waals surface area contributed by atoms with Gasteiger partial charge in [-0.25, -0.2) is 0 Å². The molecule has 3 rings (SSSR count). The van der Waals surface area contributed by atoms with E-state index in [1.807, 2.05) is 4.90 Å². The van der Waals surface area contributed by atoms with E-state index in [0.29, 0.717) is 18.5 Å². The summed E-state index contributed by atoms with van der Waals surface area (Å²) in [6, 6.07) is 11.9. The maximum atomic E-state index is 12.1. The molecular weight excluding hydrogens is 320 g/mol. The van der Waals surface area contributed by atoms with Gasteiger partial charge in [-0.1, -0.05) is 18.2 Å². The van der Waals surface area contributed by atoms with Gasteiger partial charge in [0.2, 0.25) is 5.91 Å². The molecule has 2 aromatic rings. The molecule has 0 unspecified atom stereocenters. The minimum absolute atomic E-state index is 0.166. The second-order valence-electron chi connectivity index (χ2n) is 5.74. The Hall–Kier alpha value is -3.22. The third-order valence-corrected chi connectivity index (χ3v) is 3.95. The average Bonchev–Trinajstić information content (AvgIpc) is 3.05. The van der Waals surface area contributed by atoms with Crippen molar-refractivity contribution in [2.75, 3.05) is 6.54 Å². The van der Waals surface area contributed by atoms with Crippen molar-refractivity contribution in [2.45, 2.75) is 19.4 Å². The predicted molar refractivity (Wildman–Crippen MR) is 90.3 cm³/mol. The Morgan fingerprint density at radius 3 is 2.44 bits per heavy atom. The lowest BCUT2D eigenvalue weighted by atomic mass is 10.1. The van der Waals surface area contributed by atoms with Crippen molar-refractivity contribution in [1.82, 2.24) is 20.7 Å². The Morgan fingerprint density at radius 2 is 1.80 bits per heavy atom.